The number of halogens is 3. The zero-order chi connectivity index (χ0) is 12.7. The van der Waals surface area contributed by atoms with Gasteiger partial charge in [0.05, 0.1) is 0 Å². The first-order chi connectivity index (χ1) is 7.84. The molecule has 0 amide bonds. The van der Waals surface area contributed by atoms with Gasteiger partial charge in [-0.2, -0.15) is 13.2 Å². The van der Waals surface area contributed by atoms with Crippen molar-refractivity contribution in [2.75, 3.05) is 0 Å². The molecule has 0 radical (unpaired) electrons. The van der Waals surface area contributed by atoms with Crippen molar-refractivity contribution in [2.24, 2.45) is 0 Å². The molecule has 0 bridgehead atoms. The van der Waals surface area contributed by atoms with Crippen LogP contribution in [0.25, 0.3) is 0 Å². The number of rotatable bonds is 3. The molecule has 0 unspecified atom stereocenters. The van der Waals surface area contributed by atoms with Crippen molar-refractivity contribution in [2.45, 2.75) is 44.9 Å². The summed E-state index contributed by atoms with van der Waals surface area (Å²) in [5.74, 6) is 0. The molecule has 1 nitrogen and oxygen atoms in total. The Morgan fingerprint density at radius 3 is 2.29 bits per heavy atom. The number of hydrogen-bond acceptors (Lipinski definition) is 1. The molecule has 1 aromatic carbocycles. The summed E-state index contributed by atoms with van der Waals surface area (Å²) in [6.45, 7) is 4.24. The van der Waals surface area contributed by atoms with E-state index in [1.807, 2.05) is 32.0 Å². The van der Waals surface area contributed by atoms with Crippen LogP contribution in [0.5, 0.6) is 0 Å². The van der Waals surface area contributed by atoms with E-state index in [1.54, 1.807) is 0 Å². The smallest absolute Gasteiger partial charge is 0.299 e. The Morgan fingerprint density at radius 2 is 1.82 bits per heavy atom. The summed E-state index contributed by atoms with van der Waals surface area (Å²) in [7, 11) is 0. The standard InChI is InChI=1S/C13H16F3N/c1-9-3-4-11(7-10(9)2)8-17-12(5-6-12)13(14,15)16/h3-4,7,17H,5-6,8H2,1-2H3. The largest absolute Gasteiger partial charge is 0.406 e. The number of nitrogens with one attached hydrogen (secondary N) is 1. The van der Waals surface area contributed by atoms with Gasteiger partial charge in [-0.3, -0.25) is 5.32 Å². The Morgan fingerprint density at radius 1 is 1.18 bits per heavy atom. The van der Waals surface area contributed by atoms with Crippen molar-refractivity contribution in [3.05, 3.63) is 34.9 Å². The van der Waals surface area contributed by atoms with Crippen LogP contribution >= 0.6 is 0 Å². The molecule has 2 rings (SSSR count). The average molecular weight is 243 g/mol. The summed E-state index contributed by atoms with van der Waals surface area (Å²) in [6.07, 6.45) is -3.74. The van der Waals surface area contributed by atoms with Gasteiger partial charge in [0.2, 0.25) is 0 Å². The fourth-order valence-corrected chi connectivity index (χ4v) is 1.87. The van der Waals surface area contributed by atoms with Gasteiger partial charge in [-0.05, 0) is 43.4 Å². The normalized spacial score (nSPS) is 18.2. The highest BCUT2D eigenvalue weighted by Crippen LogP contribution is 2.49. The minimum absolute atomic E-state index is 0.196. The van der Waals surface area contributed by atoms with Gasteiger partial charge < -0.3 is 0 Å². The van der Waals surface area contributed by atoms with E-state index < -0.39 is 11.7 Å². The molecule has 1 fully saturated rings. The highest BCUT2D eigenvalue weighted by Gasteiger charge is 2.62. The first-order valence-electron chi connectivity index (χ1n) is 5.72. The number of benzene rings is 1. The number of hydrogen-bond donors (Lipinski definition) is 1. The van der Waals surface area contributed by atoms with Crippen molar-refractivity contribution in [1.82, 2.24) is 5.32 Å². The Hall–Kier alpha value is -1.03. The second kappa shape index (κ2) is 4.02. The molecule has 1 saturated carbocycles. The molecule has 0 aliphatic heterocycles. The maximum absolute atomic E-state index is 12.7. The van der Waals surface area contributed by atoms with E-state index in [0.29, 0.717) is 0 Å². The molecule has 1 N–H and O–H groups in total. The molecule has 0 aromatic heterocycles. The van der Waals surface area contributed by atoms with Crippen molar-refractivity contribution < 1.29 is 13.2 Å². The van der Waals surface area contributed by atoms with Crippen LogP contribution in [0, 0.1) is 13.8 Å². The minimum atomic E-state index is -4.13. The Labute approximate surface area is 99.0 Å². The lowest BCUT2D eigenvalue weighted by atomic mass is 10.1. The topological polar surface area (TPSA) is 12.0 Å². The van der Waals surface area contributed by atoms with Crippen LogP contribution in [0.1, 0.15) is 29.5 Å². The summed E-state index contributed by atoms with van der Waals surface area (Å²) in [6, 6.07) is 5.76. The van der Waals surface area contributed by atoms with Crippen LogP contribution < -0.4 is 5.32 Å². The second-order valence-corrected chi connectivity index (χ2v) is 4.85. The van der Waals surface area contributed by atoms with Crippen LogP contribution in [-0.2, 0) is 6.54 Å². The summed E-state index contributed by atoms with van der Waals surface area (Å²) < 4.78 is 38.0. The zero-order valence-corrected chi connectivity index (χ0v) is 9.99. The van der Waals surface area contributed by atoms with Gasteiger partial charge in [0.25, 0.3) is 0 Å². The van der Waals surface area contributed by atoms with E-state index in [1.165, 1.54) is 0 Å². The third-order valence-corrected chi connectivity index (χ3v) is 3.49. The molecule has 0 atom stereocenters. The van der Waals surface area contributed by atoms with Crippen LogP contribution in [0.4, 0.5) is 13.2 Å². The third kappa shape index (κ3) is 2.46. The van der Waals surface area contributed by atoms with Crippen molar-refractivity contribution in [3.63, 3.8) is 0 Å². The van der Waals surface area contributed by atoms with Crippen LogP contribution in [0.15, 0.2) is 18.2 Å². The van der Waals surface area contributed by atoms with Crippen LogP contribution in [0.2, 0.25) is 0 Å². The zero-order valence-electron chi connectivity index (χ0n) is 9.99. The average Bonchev–Trinajstić information content (AvgIpc) is 3.00. The molecule has 1 aliphatic rings. The van der Waals surface area contributed by atoms with Crippen molar-refractivity contribution in [1.29, 1.82) is 0 Å². The third-order valence-electron chi connectivity index (χ3n) is 3.49. The lowest BCUT2D eigenvalue weighted by Crippen LogP contribution is -2.44. The number of aryl methyl sites for hydroxylation is 2. The van der Waals surface area contributed by atoms with Crippen molar-refractivity contribution >= 4 is 0 Å². The summed E-state index contributed by atoms with van der Waals surface area (Å²) in [4.78, 5) is 0. The Bertz CT molecular complexity index is 419. The van der Waals surface area contributed by atoms with Gasteiger partial charge in [0, 0.05) is 6.54 Å². The quantitative estimate of drug-likeness (QED) is 0.857. The summed E-state index contributed by atoms with van der Waals surface area (Å²) >= 11 is 0. The van der Waals surface area contributed by atoms with E-state index in [9.17, 15) is 13.2 Å². The van der Waals surface area contributed by atoms with Gasteiger partial charge in [-0.1, -0.05) is 18.2 Å². The molecule has 0 spiro atoms. The van der Waals surface area contributed by atoms with E-state index in [0.717, 1.165) is 16.7 Å². The van der Waals surface area contributed by atoms with E-state index in [-0.39, 0.29) is 19.4 Å². The first-order valence-corrected chi connectivity index (χ1v) is 5.72. The highest BCUT2D eigenvalue weighted by atomic mass is 19.4. The van der Waals surface area contributed by atoms with Gasteiger partial charge in [-0.25, -0.2) is 0 Å². The van der Waals surface area contributed by atoms with Gasteiger partial charge in [0.1, 0.15) is 5.54 Å². The Balaban J connectivity index is 2.01. The van der Waals surface area contributed by atoms with Gasteiger partial charge in [-0.15, -0.1) is 0 Å². The molecule has 1 aliphatic carbocycles. The molecular formula is C13H16F3N. The highest BCUT2D eigenvalue weighted by molar-refractivity contribution is 5.30. The Kier molecular flexibility index (Phi) is 2.94. The molecule has 4 heteroatoms. The molecular weight excluding hydrogens is 227 g/mol. The van der Waals surface area contributed by atoms with E-state index >= 15 is 0 Å². The van der Waals surface area contributed by atoms with Crippen LogP contribution in [-0.4, -0.2) is 11.7 Å². The predicted octanol–water partition coefficient (Wildman–Crippen LogP) is 3.49. The van der Waals surface area contributed by atoms with Crippen LogP contribution in [0.3, 0.4) is 0 Å². The summed E-state index contributed by atoms with van der Waals surface area (Å²) in [5.41, 5.74) is 1.56. The van der Waals surface area contributed by atoms with Gasteiger partial charge >= 0.3 is 6.18 Å². The van der Waals surface area contributed by atoms with E-state index in [4.69, 9.17) is 0 Å². The first kappa shape index (κ1) is 12.4. The molecule has 94 valence electrons. The lowest BCUT2D eigenvalue weighted by Gasteiger charge is -2.21. The predicted molar refractivity (Wildman–Crippen MR) is 60.8 cm³/mol. The lowest BCUT2D eigenvalue weighted by molar-refractivity contribution is -0.166. The summed E-state index contributed by atoms with van der Waals surface area (Å²) in [5, 5.41) is 2.65. The monoisotopic (exact) mass is 243 g/mol. The van der Waals surface area contributed by atoms with Gasteiger partial charge in [0.15, 0.2) is 0 Å². The van der Waals surface area contributed by atoms with Crippen molar-refractivity contribution in [3.8, 4) is 0 Å². The maximum Gasteiger partial charge on any atom is 0.406 e. The fraction of sp³-hybridized carbons (Fsp3) is 0.538. The minimum Gasteiger partial charge on any atom is -0.299 e. The molecule has 1 aromatic rings. The molecule has 17 heavy (non-hydrogen) atoms. The SMILES string of the molecule is Cc1ccc(CNC2(C(F)(F)F)CC2)cc1C. The maximum atomic E-state index is 12.7. The molecule has 0 saturated heterocycles. The fourth-order valence-electron chi connectivity index (χ4n) is 1.87. The molecule has 0 heterocycles. The van der Waals surface area contributed by atoms with E-state index in [2.05, 4.69) is 5.32 Å². The second-order valence-electron chi connectivity index (χ2n) is 4.85. The number of alkyl halides is 3.